The zero-order valence-electron chi connectivity index (χ0n) is 15.3. The van der Waals surface area contributed by atoms with Crippen LogP contribution in [0, 0.1) is 26.2 Å². The number of rotatable bonds is 3. The van der Waals surface area contributed by atoms with E-state index in [1.807, 2.05) is 11.8 Å². The molecule has 1 unspecified atom stereocenters. The molecule has 1 atom stereocenters. The summed E-state index contributed by atoms with van der Waals surface area (Å²) < 4.78 is 0. The van der Waals surface area contributed by atoms with Crippen LogP contribution in [-0.2, 0) is 0 Å². The lowest BCUT2D eigenvalue weighted by molar-refractivity contribution is 0.0780. The summed E-state index contributed by atoms with van der Waals surface area (Å²) in [6, 6.07) is 6.34. The van der Waals surface area contributed by atoms with Crippen molar-refractivity contribution >= 4 is 29.7 Å². The van der Waals surface area contributed by atoms with Crippen LogP contribution in [0.4, 0.5) is 0 Å². The normalized spacial score (nSPS) is 19.8. The van der Waals surface area contributed by atoms with Crippen LogP contribution in [0.1, 0.15) is 39.8 Å². The monoisotopic (exact) mass is 379 g/mol. The Morgan fingerprint density at radius 1 is 1.36 bits per heavy atom. The molecular formula is C19H26ClN3OS. The maximum absolute atomic E-state index is 12.9. The van der Waals surface area contributed by atoms with Crippen molar-refractivity contribution in [3.05, 3.63) is 39.9 Å². The first-order valence-corrected chi connectivity index (χ1v) is 9.19. The topological polar surface area (TPSA) is 59.2 Å². The minimum Gasteiger partial charge on any atom is -0.337 e. The van der Waals surface area contributed by atoms with Gasteiger partial charge in [0.05, 0.1) is 5.69 Å². The zero-order chi connectivity index (χ0) is 17.5. The molecule has 2 heterocycles. The van der Waals surface area contributed by atoms with E-state index in [-0.39, 0.29) is 23.7 Å². The van der Waals surface area contributed by atoms with Gasteiger partial charge in [-0.05, 0) is 44.7 Å². The van der Waals surface area contributed by atoms with Gasteiger partial charge in [0.15, 0.2) is 0 Å². The van der Waals surface area contributed by atoms with E-state index in [1.54, 1.807) is 0 Å². The van der Waals surface area contributed by atoms with Crippen molar-refractivity contribution in [1.82, 2.24) is 9.88 Å². The highest BCUT2D eigenvalue weighted by Crippen LogP contribution is 2.34. The first-order valence-electron chi connectivity index (χ1n) is 8.37. The van der Waals surface area contributed by atoms with Crippen LogP contribution in [0.3, 0.4) is 0 Å². The summed E-state index contributed by atoms with van der Waals surface area (Å²) in [5.41, 5.74) is 10.3. The van der Waals surface area contributed by atoms with Gasteiger partial charge in [0, 0.05) is 18.7 Å². The zero-order valence-corrected chi connectivity index (χ0v) is 16.9. The average molecular weight is 380 g/mol. The van der Waals surface area contributed by atoms with Crippen LogP contribution in [0.2, 0.25) is 0 Å². The van der Waals surface area contributed by atoms with Gasteiger partial charge in [-0.1, -0.05) is 30.7 Å². The van der Waals surface area contributed by atoms with Crippen molar-refractivity contribution in [1.29, 1.82) is 0 Å². The highest BCUT2D eigenvalue weighted by Gasteiger charge is 2.36. The Balaban J connectivity index is 0.00000225. The Kier molecular flexibility index (Phi) is 5.92. The SMILES string of the molecule is Cc1ccc(-c2nc(C)c(C(=O)N3CCC(C)(CN)C3)s2)c(C)c1.Cl. The third kappa shape index (κ3) is 3.89. The highest BCUT2D eigenvalue weighted by molar-refractivity contribution is 7.17. The molecule has 0 radical (unpaired) electrons. The molecule has 2 N–H and O–H groups in total. The van der Waals surface area contributed by atoms with Gasteiger partial charge in [-0.3, -0.25) is 4.79 Å². The van der Waals surface area contributed by atoms with E-state index in [0.29, 0.717) is 6.54 Å². The number of hydrogen-bond donors (Lipinski definition) is 1. The molecule has 1 amide bonds. The van der Waals surface area contributed by atoms with Gasteiger partial charge >= 0.3 is 0 Å². The number of nitrogens with two attached hydrogens (primary N) is 1. The van der Waals surface area contributed by atoms with E-state index in [9.17, 15) is 4.79 Å². The van der Waals surface area contributed by atoms with E-state index >= 15 is 0 Å². The lowest BCUT2D eigenvalue weighted by Gasteiger charge is -2.22. The van der Waals surface area contributed by atoms with Crippen molar-refractivity contribution in [2.75, 3.05) is 19.6 Å². The number of thiazole rings is 1. The third-order valence-corrected chi connectivity index (χ3v) is 6.12. The predicted octanol–water partition coefficient (Wildman–Crippen LogP) is 3.97. The van der Waals surface area contributed by atoms with Crippen LogP contribution in [0.15, 0.2) is 18.2 Å². The van der Waals surface area contributed by atoms with E-state index in [0.717, 1.165) is 40.7 Å². The van der Waals surface area contributed by atoms with Gasteiger partial charge in [0.1, 0.15) is 9.88 Å². The fourth-order valence-electron chi connectivity index (χ4n) is 3.27. The maximum Gasteiger partial charge on any atom is 0.265 e. The summed E-state index contributed by atoms with van der Waals surface area (Å²) in [6.45, 7) is 10.4. The second-order valence-electron chi connectivity index (χ2n) is 7.24. The Hall–Kier alpha value is -1.43. The predicted molar refractivity (Wildman–Crippen MR) is 107 cm³/mol. The van der Waals surface area contributed by atoms with Crippen LogP contribution in [0.5, 0.6) is 0 Å². The number of carbonyl (C=O) groups is 1. The number of aryl methyl sites for hydroxylation is 3. The molecule has 1 fully saturated rings. The van der Waals surface area contributed by atoms with Crippen LogP contribution in [-0.4, -0.2) is 35.4 Å². The van der Waals surface area contributed by atoms with Crippen molar-refractivity contribution in [2.24, 2.45) is 11.1 Å². The van der Waals surface area contributed by atoms with Gasteiger partial charge in [-0.2, -0.15) is 0 Å². The number of amides is 1. The molecule has 25 heavy (non-hydrogen) atoms. The number of hydrogen-bond acceptors (Lipinski definition) is 4. The van der Waals surface area contributed by atoms with Gasteiger partial charge < -0.3 is 10.6 Å². The molecule has 1 aliphatic rings. The summed E-state index contributed by atoms with van der Waals surface area (Å²) >= 11 is 1.50. The molecule has 2 aromatic rings. The lowest BCUT2D eigenvalue weighted by Crippen LogP contribution is -2.34. The summed E-state index contributed by atoms with van der Waals surface area (Å²) in [7, 11) is 0. The fraction of sp³-hybridized carbons (Fsp3) is 0.474. The third-order valence-electron chi connectivity index (χ3n) is 4.94. The molecule has 136 valence electrons. The number of nitrogens with zero attached hydrogens (tertiary/aromatic N) is 2. The average Bonchev–Trinajstić information content (AvgIpc) is 3.11. The quantitative estimate of drug-likeness (QED) is 0.877. The molecule has 1 aliphatic heterocycles. The van der Waals surface area contributed by atoms with E-state index in [1.165, 1.54) is 22.5 Å². The molecule has 3 rings (SSSR count). The molecule has 0 spiro atoms. The first kappa shape index (κ1) is 19.9. The number of benzene rings is 1. The number of aromatic nitrogens is 1. The second-order valence-corrected chi connectivity index (χ2v) is 8.24. The lowest BCUT2D eigenvalue weighted by atomic mass is 9.90. The largest absolute Gasteiger partial charge is 0.337 e. The molecule has 4 nitrogen and oxygen atoms in total. The first-order chi connectivity index (χ1) is 11.3. The van der Waals surface area contributed by atoms with Crippen molar-refractivity contribution in [3.8, 4) is 10.6 Å². The molecular weight excluding hydrogens is 354 g/mol. The van der Waals surface area contributed by atoms with Crippen molar-refractivity contribution in [2.45, 2.75) is 34.1 Å². The Morgan fingerprint density at radius 2 is 2.08 bits per heavy atom. The number of likely N-dealkylation sites (tertiary alicyclic amines) is 1. The smallest absolute Gasteiger partial charge is 0.265 e. The van der Waals surface area contributed by atoms with E-state index < -0.39 is 0 Å². The summed E-state index contributed by atoms with van der Waals surface area (Å²) in [6.07, 6.45) is 0.969. The maximum atomic E-state index is 12.9. The summed E-state index contributed by atoms with van der Waals surface area (Å²) in [5, 5.41) is 0.925. The molecule has 6 heteroatoms. The molecule has 0 bridgehead atoms. The van der Waals surface area contributed by atoms with Crippen LogP contribution < -0.4 is 5.73 Å². The minimum atomic E-state index is 0. The van der Waals surface area contributed by atoms with Gasteiger partial charge in [-0.15, -0.1) is 23.7 Å². The molecule has 1 aromatic carbocycles. The minimum absolute atomic E-state index is 0. The van der Waals surface area contributed by atoms with Gasteiger partial charge in [0.2, 0.25) is 0 Å². The van der Waals surface area contributed by atoms with Crippen molar-refractivity contribution in [3.63, 3.8) is 0 Å². The standard InChI is InChI=1S/C19H25N3OS.ClH/c1-12-5-6-15(13(2)9-12)17-21-14(3)16(24-17)18(23)22-8-7-19(4,10-20)11-22;/h5-6,9H,7-8,10-11,20H2,1-4H3;1H. The fourth-order valence-corrected chi connectivity index (χ4v) is 4.40. The number of carbonyl (C=O) groups excluding carboxylic acids is 1. The molecule has 1 saturated heterocycles. The van der Waals surface area contributed by atoms with E-state index in [4.69, 9.17) is 5.73 Å². The van der Waals surface area contributed by atoms with Crippen molar-refractivity contribution < 1.29 is 4.79 Å². The summed E-state index contributed by atoms with van der Waals surface area (Å²) in [5.74, 6) is 0.0955. The Morgan fingerprint density at radius 3 is 2.68 bits per heavy atom. The number of halogens is 1. The molecule has 1 aromatic heterocycles. The summed E-state index contributed by atoms with van der Waals surface area (Å²) in [4.78, 5) is 20.3. The second kappa shape index (κ2) is 7.44. The van der Waals surface area contributed by atoms with Gasteiger partial charge in [-0.25, -0.2) is 4.98 Å². The Labute approximate surface area is 159 Å². The van der Waals surface area contributed by atoms with Crippen LogP contribution >= 0.6 is 23.7 Å². The molecule has 0 aliphatic carbocycles. The Bertz CT molecular complexity index is 789. The van der Waals surface area contributed by atoms with Crippen LogP contribution in [0.25, 0.3) is 10.6 Å². The molecule has 0 saturated carbocycles. The van der Waals surface area contributed by atoms with Gasteiger partial charge in [0.25, 0.3) is 5.91 Å². The van der Waals surface area contributed by atoms with E-state index in [2.05, 4.69) is 44.0 Å². The highest BCUT2D eigenvalue weighted by atomic mass is 35.5.